The van der Waals surface area contributed by atoms with Crippen molar-refractivity contribution in [3.05, 3.63) is 77.5 Å². The number of halogens is 2. The van der Waals surface area contributed by atoms with Gasteiger partial charge in [-0.3, -0.25) is 20.4 Å². The van der Waals surface area contributed by atoms with Gasteiger partial charge in [-0.2, -0.15) is 0 Å². The van der Waals surface area contributed by atoms with Gasteiger partial charge in [0.25, 0.3) is 11.8 Å². The second-order valence-electron chi connectivity index (χ2n) is 4.95. The van der Waals surface area contributed by atoms with Crippen LogP contribution >= 0.6 is 0 Å². The fourth-order valence-corrected chi connectivity index (χ4v) is 2.08. The molecule has 2 N–H and O–H groups in total. The number of nitrogens with one attached hydrogen (secondary N) is 2. The molecule has 0 aliphatic rings. The van der Waals surface area contributed by atoms with E-state index < -0.39 is 29.0 Å². The van der Waals surface area contributed by atoms with Crippen LogP contribution in [0.5, 0.6) is 0 Å². The fourth-order valence-electron chi connectivity index (χ4n) is 2.08. The molecule has 0 spiro atoms. The third kappa shape index (κ3) is 3.52. The summed E-state index contributed by atoms with van der Waals surface area (Å²) in [6, 6.07) is 13.3. The van der Waals surface area contributed by atoms with Gasteiger partial charge in [0.05, 0.1) is 0 Å². The quantitative estimate of drug-likeness (QED) is 0.716. The summed E-state index contributed by atoms with van der Waals surface area (Å²) in [6.45, 7) is 0. The average molecular weight is 343 g/mol. The first-order valence-electron chi connectivity index (χ1n) is 7.13. The molecule has 25 heavy (non-hydrogen) atoms. The van der Waals surface area contributed by atoms with Gasteiger partial charge in [0.15, 0.2) is 11.5 Å². The van der Waals surface area contributed by atoms with Crippen molar-refractivity contribution < 1.29 is 22.9 Å². The summed E-state index contributed by atoms with van der Waals surface area (Å²) in [4.78, 5) is 23.8. The number of nitrogens with zero attached hydrogens (tertiary/aromatic N) is 1. The van der Waals surface area contributed by atoms with E-state index in [1.807, 2.05) is 16.9 Å². The van der Waals surface area contributed by atoms with Crippen LogP contribution in [0.15, 0.2) is 59.1 Å². The highest BCUT2D eigenvalue weighted by molar-refractivity contribution is 5.98. The van der Waals surface area contributed by atoms with Crippen molar-refractivity contribution in [2.75, 3.05) is 0 Å². The van der Waals surface area contributed by atoms with Crippen molar-refractivity contribution in [1.82, 2.24) is 16.0 Å². The molecule has 0 fully saturated rings. The van der Waals surface area contributed by atoms with Gasteiger partial charge in [-0.15, -0.1) is 0 Å². The van der Waals surface area contributed by atoms with E-state index in [1.54, 1.807) is 24.3 Å². The van der Waals surface area contributed by atoms with E-state index in [9.17, 15) is 18.4 Å². The first-order chi connectivity index (χ1) is 12.1. The molecule has 0 aliphatic carbocycles. The zero-order valence-electron chi connectivity index (χ0n) is 12.6. The van der Waals surface area contributed by atoms with Crippen molar-refractivity contribution >= 4 is 11.8 Å². The average Bonchev–Trinajstić information content (AvgIpc) is 3.10. The summed E-state index contributed by atoms with van der Waals surface area (Å²) >= 11 is 0. The summed E-state index contributed by atoms with van der Waals surface area (Å²) in [7, 11) is 0. The van der Waals surface area contributed by atoms with Gasteiger partial charge in [0.2, 0.25) is 0 Å². The van der Waals surface area contributed by atoms with E-state index >= 15 is 0 Å². The Balaban J connectivity index is 1.67. The normalized spacial score (nSPS) is 10.3. The van der Waals surface area contributed by atoms with Crippen LogP contribution in [0.4, 0.5) is 8.78 Å². The fraction of sp³-hybridized carbons (Fsp3) is 0. The Bertz CT molecular complexity index is 906. The van der Waals surface area contributed by atoms with E-state index in [0.29, 0.717) is 11.3 Å². The van der Waals surface area contributed by atoms with E-state index in [2.05, 4.69) is 5.16 Å². The summed E-state index contributed by atoms with van der Waals surface area (Å²) in [5, 5.41) is 3.59. The number of aromatic nitrogens is 1. The Labute approximate surface area is 140 Å². The number of benzene rings is 2. The lowest BCUT2D eigenvalue weighted by molar-refractivity contribution is 0.0836. The van der Waals surface area contributed by atoms with Crippen LogP contribution in [-0.4, -0.2) is 17.0 Å². The maximum atomic E-state index is 13.5. The molecule has 3 rings (SSSR count). The molecule has 0 saturated heterocycles. The number of hydrogen-bond acceptors (Lipinski definition) is 4. The first-order valence-corrected chi connectivity index (χ1v) is 7.13. The van der Waals surface area contributed by atoms with Crippen molar-refractivity contribution in [2.45, 2.75) is 0 Å². The zero-order chi connectivity index (χ0) is 17.8. The van der Waals surface area contributed by atoms with Crippen molar-refractivity contribution in [3.8, 4) is 11.3 Å². The Hall–Kier alpha value is -3.55. The lowest BCUT2D eigenvalue weighted by Gasteiger charge is -2.07. The van der Waals surface area contributed by atoms with E-state index in [-0.39, 0.29) is 5.69 Å². The minimum atomic E-state index is -1.13. The number of carbonyl (C=O) groups excluding carboxylic acids is 2. The highest BCUT2D eigenvalue weighted by Gasteiger charge is 2.19. The zero-order valence-corrected chi connectivity index (χ0v) is 12.6. The predicted octanol–water partition coefficient (Wildman–Crippen LogP) is 2.69. The van der Waals surface area contributed by atoms with E-state index in [0.717, 1.165) is 18.2 Å². The third-order valence-corrected chi connectivity index (χ3v) is 3.28. The molecule has 8 heteroatoms. The van der Waals surface area contributed by atoms with Gasteiger partial charge < -0.3 is 4.52 Å². The van der Waals surface area contributed by atoms with Crippen LogP contribution in [0.1, 0.15) is 20.8 Å². The molecule has 2 amide bonds. The number of carbonyl (C=O) groups is 2. The van der Waals surface area contributed by atoms with Crippen LogP contribution in [0.3, 0.4) is 0 Å². The molecule has 0 saturated carbocycles. The maximum absolute atomic E-state index is 13.5. The molecule has 2 aromatic carbocycles. The smallest absolute Gasteiger partial charge is 0.291 e. The van der Waals surface area contributed by atoms with Crippen LogP contribution in [0.25, 0.3) is 11.3 Å². The summed E-state index contributed by atoms with van der Waals surface area (Å²) in [6.07, 6.45) is 0. The summed E-state index contributed by atoms with van der Waals surface area (Å²) in [5.41, 5.74) is 3.76. The lowest BCUT2D eigenvalue weighted by atomic mass is 10.1. The van der Waals surface area contributed by atoms with E-state index in [1.165, 1.54) is 6.07 Å². The van der Waals surface area contributed by atoms with Gasteiger partial charge in [0.1, 0.15) is 17.2 Å². The molecule has 3 aromatic rings. The standard InChI is InChI=1S/C17H11F2N3O3/c18-11-7-4-8-12(19)15(11)17(24)21-20-16(23)13-9-14(25-22-13)10-5-2-1-3-6-10/h1-9H,(H,20,23)(H,21,24). The highest BCUT2D eigenvalue weighted by Crippen LogP contribution is 2.19. The number of amides is 2. The van der Waals surface area contributed by atoms with Crippen molar-refractivity contribution in [1.29, 1.82) is 0 Å². The first kappa shape index (κ1) is 16.3. The number of hydrogen-bond donors (Lipinski definition) is 2. The Morgan fingerprint density at radius 2 is 1.52 bits per heavy atom. The molecule has 0 atom stereocenters. The SMILES string of the molecule is O=C(NNC(=O)c1c(F)cccc1F)c1cc(-c2ccccc2)on1. The van der Waals surface area contributed by atoms with Crippen molar-refractivity contribution in [3.63, 3.8) is 0 Å². The predicted molar refractivity (Wildman–Crippen MR) is 83.2 cm³/mol. The van der Waals surface area contributed by atoms with Crippen LogP contribution < -0.4 is 10.9 Å². The molecular weight excluding hydrogens is 332 g/mol. The highest BCUT2D eigenvalue weighted by atomic mass is 19.1. The van der Waals surface area contributed by atoms with Crippen LogP contribution in [-0.2, 0) is 0 Å². The van der Waals surface area contributed by atoms with Gasteiger partial charge in [-0.05, 0) is 12.1 Å². The van der Waals surface area contributed by atoms with E-state index in [4.69, 9.17) is 4.52 Å². The topological polar surface area (TPSA) is 84.2 Å². The Kier molecular flexibility index (Phi) is 4.51. The van der Waals surface area contributed by atoms with Crippen LogP contribution in [0, 0.1) is 11.6 Å². The molecule has 6 nitrogen and oxygen atoms in total. The Morgan fingerprint density at radius 3 is 2.20 bits per heavy atom. The monoisotopic (exact) mass is 343 g/mol. The second-order valence-corrected chi connectivity index (χ2v) is 4.95. The minimum Gasteiger partial charge on any atom is -0.355 e. The molecule has 1 aromatic heterocycles. The maximum Gasteiger partial charge on any atom is 0.291 e. The van der Waals surface area contributed by atoms with Crippen LogP contribution in [0.2, 0.25) is 0 Å². The molecule has 0 bridgehead atoms. The summed E-state index contributed by atoms with van der Waals surface area (Å²) < 4.78 is 32.1. The molecular formula is C17H11F2N3O3. The molecule has 0 aliphatic heterocycles. The minimum absolute atomic E-state index is 0.104. The van der Waals surface area contributed by atoms with Gasteiger partial charge in [-0.25, -0.2) is 8.78 Å². The second kappa shape index (κ2) is 6.91. The molecule has 1 heterocycles. The lowest BCUT2D eigenvalue weighted by Crippen LogP contribution is -2.42. The van der Waals surface area contributed by atoms with Crippen molar-refractivity contribution in [2.24, 2.45) is 0 Å². The molecule has 0 radical (unpaired) electrons. The Morgan fingerprint density at radius 1 is 0.880 bits per heavy atom. The summed E-state index contributed by atoms with van der Waals surface area (Å²) in [5.74, 6) is -3.65. The van der Waals surface area contributed by atoms with Gasteiger partial charge in [0, 0.05) is 11.6 Å². The largest absolute Gasteiger partial charge is 0.355 e. The molecule has 126 valence electrons. The van der Waals surface area contributed by atoms with Gasteiger partial charge in [-0.1, -0.05) is 41.6 Å². The molecule has 0 unspecified atom stereocenters. The number of hydrazine groups is 1. The third-order valence-electron chi connectivity index (χ3n) is 3.28. The van der Waals surface area contributed by atoms with Gasteiger partial charge >= 0.3 is 0 Å². The number of rotatable bonds is 3.